The Morgan fingerprint density at radius 2 is 2.15 bits per heavy atom. The van der Waals surface area contributed by atoms with E-state index in [1.807, 2.05) is 25.1 Å². The van der Waals surface area contributed by atoms with E-state index in [2.05, 4.69) is 0 Å². The lowest BCUT2D eigenvalue weighted by molar-refractivity contribution is -0.139. The van der Waals surface area contributed by atoms with Gasteiger partial charge in [-0.2, -0.15) is 0 Å². The molecule has 1 aliphatic heterocycles. The van der Waals surface area contributed by atoms with E-state index in [1.165, 1.54) is 4.90 Å². The second-order valence-corrected chi connectivity index (χ2v) is 5.20. The Bertz CT molecular complexity index is 516. The number of rotatable bonds is 5. The Morgan fingerprint density at radius 1 is 1.45 bits per heavy atom. The Hall–Kier alpha value is -1.88. The van der Waals surface area contributed by atoms with E-state index in [-0.39, 0.29) is 18.4 Å². The van der Waals surface area contributed by atoms with Gasteiger partial charge in [-0.1, -0.05) is 31.5 Å². The van der Waals surface area contributed by atoms with Gasteiger partial charge in [-0.3, -0.25) is 9.69 Å². The molecule has 0 spiro atoms. The van der Waals surface area contributed by atoms with Crippen LogP contribution in [0.25, 0.3) is 0 Å². The lowest BCUT2D eigenvalue weighted by Crippen LogP contribution is -2.44. The number of aliphatic carboxylic acids is 1. The van der Waals surface area contributed by atoms with E-state index >= 15 is 0 Å². The molecule has 5 heteroatoms. The number of carboxylic acids is 1. The Kier molecular flexibility index (Phi) is 4.39. The number of hydrogen-bond acceptors (Lipinski definition) is 3. The number of hydrogen-bond donors (Lipinski definition) is 2. The number of para-hydroxylation sites is 1. The summed E-state index contributed by atoms with van der Waals surface area (Å²) in [6, 6.07) is 6.30. The number of carbonyl (C=O) groups is 2. The van der Waals surface area contributed by atoms with Gasteiger partial charge < -0.3 is 10.8 Å². The average molecular weight is 276 g/mol. The number of carboxylic acid groups (broad SMARTS) is 1. The highest BCUT2D eigenvalue weighted by molar-refractivity contribution is 6.02. The second-order valence-electron chi connectivity index (χ2n) is 5.20. The van der Waals surface area contributed by atoms with Gasteiger partial charge in [-0.15, -0.1) is 0 Å². The summed E-state index contributed by atoms with van der Waals surface area (Å²) in [5.41, 5.74) is 7.50. The molecular formula is C15H20N2O3. The van der Waals surface area contributed by atoms with Crippen molar-refractivity contribution in [3.8, 4) is 0 Å². The monoisotopic (exact) mass is 276 g/mol. The summed E-state index contributed by atoms with van der Waals surface area (Å²) >= 11 is 0. The van der Waals surface area contributed by atoms with Crippen LogP contribution < -0.4 is 10.6 Å². The van der Waals surface area contributed by atoms with Gasteiger partial charge in [-0.05, 0) is 18.1 Å². The van der Waals surface area contributed by atoms with Gasteiger partial charge in [0.25, 0.3) is 0 Å². The molecule has 2 atom stereocenters. The van der Waals surface area contributed by atoms with Crippen molar-refractivity contribution < 1.29 is 14.7 Å². The molecule has 2 rings (SSSR count). The number of benzene rings is 1. The van der Waals surface area contributed by atoms with Crippen LogP contribution in [0.3, 0.4) is 0 Å². The first-order chi connectivity index (χ1) is 9.54. The normalized spacial score (nSPS) is 18.7. The summed E-state index contributed by atoms with van der Waals surface area (Å²) in [5.74, 6) is -1.18. The van der Waals surface area contributed by atoms with Crippen molar-refractivity contribution in [3.05, 3.63) is 29.8 Å². The van der Waals surface area contributed by atoms with E-state index in [9.17, 15) is 14.7 Å². The maximum atomic E-state index is 12.4. The van der Waals surface area contributed by atoms with Crippen LogP contribution in [0.5, 0.6) is 0 Å². The molecule has 0 saturated heterocycles. The van der Waals surface area contributed by atoms with Crippen LogP contribution in [0.4, 0.5) is 5.69 Å². The van der Waals surface area contributed by atoms with Gasteiger partial charge in [0.15, 0.2) is 0 Å². The molecule has 1 aromatic carbocycles. The highest BCUT2D eigenvalue weighted by Gasteiger charge is 2.38. The fourth-order valence-corrected chi connectivity index (χ4v) is 2.69. The third-order valence-electron chi connectivity index (χ3n) is 3.63. The van der Waals surface area contributed by atoms with Crippen LogP contribution in [0.2, 0.25) is 0 Å². The Labute approximate surface area is 118 Å². The molecule has 1 heterocycles. The van der Waals surface area contributed by atoms with Gasteiger partial charge >= 0.3 is 5.97 Å². The molecule has 0 bridgehead atoms. The van der Waals surface area contributed by atoms with Gasteiger partial charge in [0.2, 0.25) is 5.91 Å². The quantitative estimate of drug-likeness (QED) is 0.854. The molecule has 1 aliphatic rings. The Balaban J connectivity index is 2.22. The maximum Gasteiger partial charge on any atom is 0.327 e. The first-order valence-corrected chi connectivity index (χ1v) is 6.93. The number of nitrogens with zero attached hydrogens (tertiary/aromatic N) is 1. The van der Waals surface area contributed by atoms with Gasteiger partial charge in [-0.25, -0.2) is 4.79 Å². The molecule has 20 heavy (non-hydrogen) atoms. The zero-order valence-corrected chi connectivity index (χ0v) is 11.6. The van der Waals surface area contributed by atoms with E-state index in [0.717, 1.165) is 18.4 Å². The van der Waals surface area contributed by atoms with Crippen molar-refractivity contribution >= 4 is 17.6 Å². The molecule has 3 N–H and O–H groups in total. The van der Waals surface area contributed by atoms with Crippen LogP contribution in [-0.4, -0.2) is 29.1 Å². The van der Waals surface area contributed by atoms with Crippen molar-refractivity contribution in [3.63, 3.8) is 0 Å². The lowest BCUT2D eigenvalue weighted by Gasteiger charge is -2.24. The highest BCUT2D eigenvalue weighted by atomic mass is 16.4. The van der Waals surface area contributed by atoms with Crippen molar-refractivity contribution in [2.24, 2.45) is 5.73 Å². The molecule has 0 aliphatic carbocycles. The van der Waals surface area contributed by atoms with E-state index in [4.69, 9.17) is 5.73 Å². The van der Waals surface area contributed by atoms with Gasteiger partial charge in [0.05, 0.1) is 0 Å². The molecule has 0 aromatic heterocycles. The molecule has 1 unspecified atom stereocenters. The van der Waals surface area contributed by atoms with Crippen LogP contribution in [-0.2, 0) is 16.0 Å². The fraction of sp³-hybridized carbons (Fsp3) is 0.467. The van der Waals surface area contributed by atoms with E-state index < -0.39 is 12.0 Å². The molecule has 1 aromatic rings. The van der Waals surface area contributed by atoms with Crippen molar-refractivity contribution in [2.75, 3.05) is 4.90 Å². The summed E-state index contributed by atoms with van der Waals surface area (Å²) < 4.78 is 0. The molecule has 0 saturated carbocycles. The third-order valence-corrected chi connectivity index (χ3v) is 3.63. The lowest BCUT2D eigenvalue weighted by atomic mass is 10.1. The summed E-state index contributed by atoms with van der Waals surface area (Å²) in [6.07, 6.45) is 2.22. The smallest absolute Gasteiger partial charge is 0.327 e. The van der Waals surface area contributed by atoms with Crippen LogP contribution in [0.1, 0.15) is 31.7 Å². The number of anilines is 1. The fourth-order valence-electron chi connectivity index (χ4n) is 2.69. The third kappa shape index (κ3) is 2.82. The van der Waals surface area contributed by atoms with Crippen molar-refractivity contribution in [1.29, 1.82) is 0 Å². The van der Waals surface area contributed by atoms with Crippen LogP contribution >= 0.6 is 0 Å². The standard InChI is InChI=1S/C15H20N2O3/c1-2-5-11(16)9-14(18)17-12-7-4-3-6-10(12)8-13(17)15(19)20/h3-4,6-7,11,13H,2,5,8-9,16H2,1H3,(H,19,20)/t11?,13-/m0/s1. The van der Waals surface area contributed by atoms with Crippen LogP contribution in [0, 0.1) is 0 Å². The summed E-state index contributed by atoms with van der Waals surface area (Å²) in [5, 5.41) is 9.32. The molecule has 5 nitrogen and oxygen atoms in total. The number of amides is 1. The van der Waals surface area contributed by atoms with Crippen LogP contribution in [0.15, 0.2) is 24.3 Å². The predicted molar refractivity (Wildman–Crippen MR) is 76.6 cm³/mol. The first kappa shape index (κ1) is 14.5. The zero-order valence-electron chi connectivity index (χ0n) is 11.6. The number of fused-ring (bicyclic) bond motifs is 1. The van der Waals surface area contributed by atoms with Crippen molar-refractivity contribution in [2.45, 2.75) is 44.7 Å². The summed E-state index contributed by atoms with van der Waals surface area (Å²) in [6.45, 7) is 2.01. The average Bonchev–Trinajstić information content (AvgIpc) is 2.78. The summed E-state index contributed by atoms with van der Waals surface area (Å²) in [7, 11) is 0. The number of carbonyl (C=O) groups excluding carboxylic acids is 1. The first-order valence-electron chi connectivity index (χ1n) is 6.93. The highest BCUT2D eigenvalue weighted by Crippen LogP contribution is 2.32. The molecule has 1 amide bonds. The summed E-state index contributed by atoms with van der Waals surface area (Å²) in [4.78, 5) is 25.2. The Morgan fingerprint density at radius 3 is 2.80 bits per heavy atom. The van der Waals surface area contributed by atoms with Gasteiger partial charge in [0, 0.05) is 24.6 Å². The molecule has 0 radical (unpaired) electrons. The van der Waals surface area contributed by atoms with Crippen molar-refractivity contribution in [1.82, 2.24) is 0 Å². The molecule has 108 valence electrons. The van der Waals surface area contributed by atoms with E-state index in [0.29, 0.717) is 12.1 Å². The topological polar surface area (TPSA) is 83.6 Å². The minimum absolute atomic E-state index is 0.186. The minimum Gasteiger partial charge on any atom is -0.480 e. The second kappa shape index (κ2) is 6.05. The maximum absolute atomic E-state index is 12.4. The number of nitrogens with two attached hydrogens (primary N) is 1. The predicted octanol–water partition coefficient (Wildman–Crippen LogP) is 1.55. The largest absolute Gasteiger partial charge is 0.480 e. The molecular weight excluding hydrogens is 256 g/mol. The van der Waals surface area contributed by atoms with E-state index in [1.54, 1.807) is 6.07 Å². The SMILES string of the molecule is CCCC(N)CC(=O)N1c2ccccc2C[C@H]1C(=O)O. The minimum atomic E-state index is -0.974. The molecule has 0 fully saturated rings. The van der Waals surface area contributed by atoms with Gasteiger partial charge in [0.1, 0.15) is 6.04 Å². The zero-order chi connectivity index (χ0) is 14.7.